The number of hydrogen-bond acceptors (Lipinski definition) is 4. The van der Waals surface area contributed by atoms with Crippen molar-refractivity contribution in [3.63, 3.8) is 0 Å². The van der Waals surface area contributed by atoms with Crippen LogP contribution in [0.25, 0.3) is 0 Å². The molecule has 2 aliphatic heterocycles. The van der Waals surface area contributed by atoms with Crippen LogP contribution in [-0.4, -0.2) is 55.7 Å². The number of rotatable bonds is 2. The number of carbonyl (C=O) groups is 2. The van der Waals surface area contributed by atoms with Crippen LogP contribution in [0.1, 0.15) is 25.7 Å². The van der Waals surface area contributed by atoms with E-state index in [-0.39, 0.29) is 19.5 Å². The first kappa shape index (κ1) is 16.1. The van der Waals surface area contributed by atoms with Crippen LogP contribution < -0.4 is 5.32 Å². The van der Waals surface area contributed by atoms with Gasteiger partial charge in [-0.25, -0.2) is 4.79 Å². The van der Waals surface area contributed by atoms with Gasteiger partial charge in [0.2, 0.25) is 5.91 Å². The molecule has 0 bridgehead atoms. The SMILES string of the molecule is COC(=O)C1CCCCN1C(=O)C1(C(F)(F)F)CCNC1. The van der Waals surface area contributed by atoms with Crippen LogP contribution in [-0.2, 0) is 14.3 Å². The third-order valence-electron chi connectivity index (χ3n) is 4.34. The second kappa shape index (κ2) is 5.82. The van der Waals surface area contributed by atoms with E-state index >= 15 is 0 Å². The summed E-state index contributed by atoms with van der Waals surface area (Å²) in [5.74, 6) is -1.65. The van der Waals surface area contributed by atoms with Crippen molar-refractivity contribution in [1.82, 2.24) is 10.2 Å². The third kappa shape index (κ3) is 2.73. The summed E-state index contributed by atoms with van der Waals surface area (Å²) in [6, 6.07) is -0.906. The van der Waals surface area contributed by atoms with E-state index in [1.165, 1.54) is 7.11 Å². The van der Waals surface area contributed by atoms with Crippen molar-refractivity contribution in [2.75, 3.05) is 26.7 Å². The Bertz CT molecular complexity index is 419. The summed E-state index contributed by atoms with van der Waals surface area (Å²) in [6.45, 7) is -0.127. The molecule has 2 rings (SSSR count). The Hall–Kier alpha value is -1.31. The van der Waals surface area contributed by atoms with Crippen molar-refractivity contribution in [1.29, 1.82) is 0 Å². The summed E-state index contributed by atoms with van der Waals surface area (Å²) in [4.78, 5) is 25.4. The Balaban J connectivity index is 2.29. The summed E-state index contributed by atoms with van der Waals surface area (Å²) >= 11 is 0. The van der Waals surface area contributed by atoms with Gasteiger partial charge in [-0.1, -0.05) is 0 Å². The number of hydrogen-bond donors (Lipinski definition) is 1. The predicted molar refractivity (Wildman–Crippen MR) is 67.3 cm³/mol. The highest BCUT2D eigenvalue weighted by atomic mass is 19.4. The maximum atomic E-state index is 13.4. The molecule has 0 aliphatic carbocycles. The van der Waals surface area contributed by atoms with Gasteiger partial charge in [0.25, 0.3) is 0 Å². The molecule has 5 nitrogen and oxygen atoms in total. The number of nitrogens with one attached hydrogen (secondary N) is 1. The maximum absolute atomic E-state index is 13.4. The number of likely N-dealkylation sites (tertiary alicyclic amines) is 1. The fraction of sp³-hybridized carbons (Fsp3) is 0.846. The quantitative estimate of drug-likeness (QED) is 0.776. The standard InChI is InChI=1S/C13H19F3N2O3/c1-21-10(19)9-4-2-3-7-18(9)11(20)12(13(14,15)16)5-6-17-8-12/h9,17H,2-8H2,1H3. The molecule has 120 valence electrons. The van der Waals surface area contributed by atoms with Gasteiger partial charge in [-0.15, -0.1) is 0 Å². The summed E-state index contributed by atoms with van der Waals surface area (Å²) in [5, 5.41) is 2.61. The van der Waals surface area contributed by atoms with Crippen molar-refractivity contribution in [3.05, 3.63) is 0 Å². The van der Waals surface area contributed by atoms with E-state index in [2.05, 4.69) is 10.1 Å². The van der Waals surface area contributed by atoms with E-state index in [0.29, 0.717) is 19.3 Å². The van der Waals surface area contributed by atoms with Gasteiger partial charge < -0.3 is 15.0 Å². The number of methoxy groups -OCH3 is 1. The molecule has 0 saturated carbocycles. The Kier molecular flexibility index (Phi) is 4.46. The highest BCUT2D eigenvalue weighted by Gasteiger charge is 2.63. The van der Waals surface area contributed by atoms with E-state index in [0.717, 1.165) is 4.90 Å². The molecule has 0 aromatic rings. The molecule has 1 N–H and O–H groups in total. The zero-order valence-electron chi connectivity index (χ0n) is 11.8. The third-order valence-corrected chi connectivity index (χ3v) is 4.34. The Morgan fingerprint density at radius 3 is 2.57 bits per heavy atom. The van der Waals surface area contributed by atoms with Crippen LogP contribution in [0, 0.1) is 5.41 Å². The number of piperidine rings is 1. The van der Waals surface area contributed by atoms with Gasteiger partial charge in [-0.05, 0) is 32.2 Å². The first-order valence-corrected chi connectivity index (χ1v) is 7.00. The fourth-order valence-corrected chi connectivity index (χ4v) is 3.07. The van der Waals surface area contributed by atoms with Crippen LogP contribution >= 0.6 is 0 Å². The molecule has 1 amide bonds. The number of nitrogens with zero attached hydrogens (tertiary/aromatic N) is 1. The average Bonchev–Trinajstić information content (AvgIpc) is 2.96. The maximum Gasteiger partial charge on any atom is 0.404 e. The highest BCUT2D eigenvalue weighted by Crippen LogP contribution is 2.45. The molecule has 2 fully saturated rings. The number of alkyl halides is 3. The van der Waals surface area contributed by atoms with E-state index in [9.17, 15) is 22.8 Å². The van der Waals surface area contributed by atoms with Crippen LogP contribution in [0.5, 0.6) is 0 Å². The highest BCUT2D eigenvalue weighted by molar-refractivity contribution is 5.89. The van der Waals surface area contributed by atoms with Gasteiger partial charge in [0.1, 0.15) is 6.04 Å². The summed E-state index contributed by atoms with van der Waals surface area (Å²) < 4.78 is 44.9. The molecule has 8 heteroatoms. The monoisotopic (exact) mass is 308 g/mol. The average molecular weight is 308 g/mol. The normalized spacial score (nSPS) is 30.3. The molecule has 2 atom stereocenters. The molecule has 2 unspecified atom stereocenters. The predicted octanol–water partition coefficient (Wildman–Crippen LogP) is 1.08. The number of amides is 1. The zero-order valence-corrected chi connectivity index (χ0v) is 11.8. The van der Waals surface area contributed by atoms with Crippen molar-refractivity contribution in [2.45, 2.75) is 37.9 Å². The number of esters is 1. The lowest BCUT2D eigenvalue weighted by molar-refractivity contribution is -0.224. The van der Waals surface area contributed by atoms with Gasteiger partial charge in [0.15, 0.2) is 5.41 Å². The van der Waals surface area contributed by atoms with Gasteiger partial charge in [-0.3, -0.25) is 4.79 Å². The van der Waals surface area contributed by atoms with Crippen LogP contribution in [0.2, 0.25) is 0 Å². The van der Waals surface area contributed by atoms with E-state index in [4.69, 9.17) is 0 Å². The molecule has 0 aromatic heterocycles. The summed E-state index contributed by atoms with van der Waals surface area (Å²) in [6.07, 6.45) is -3.29. The molecule has 0 aromatic carbocycles. The Morgan fingerprint density at radius 2 is 2.05 bits per heavy atom. The lowest BCUT2D eigenvalue weighted by atomic mass is 9.83. The van der Waals surface area contributed by atoms with Crippen molar-refractivity contribution in [3.8, 4) is 0 Å². The van der Waals surface area contributed by atoms with Gasteiger partial charge in [0.05, 0.1) is 7.11 Å². The summed E-state index contributed by atoms with van der Waals surface area (Å²) in [7, 11) is 1.18. The zero-order chi connectivity index (χ0) is 15.7. The first-order valence-electron chi connectivity index (χ1n) is 7.00. The number of ether oxygens (including phenoxy) is 1. The van der Waals surface area contributed by atoms with Crippen molar-refractivity contribution < 1.29 is 27.5 Å². The Morgan fingerprint density at radius 1 is 1.33 bits per heavy atom. The van der Waals surface area contributed by atoms with E-state index < -0.39 is 36.1 Å². The number of halogens is 3. The molecule has 21 heavy (non-hydrogen) atoms. The van der Waals surface area contributed by atoms with Gasteiger partial charge >= 0.3 is 12.1 Å². The minimum absolute atomic E-state index is 0.141. The van der Waals surface area contributed by atoms with Crippen molar-refractivity contribution in [2.24, 2.45) is 5.41 Å². The second-order valence-corrected chi connectivity index (χ2v) is 5.54. The van der Waals surface area contributed by atoms with E-state index in [1.54, 1.807) is 0 Å². The smallest absolute Gasteiger partial charge is 0.404 e. The van der Waals surface area contributed by atoms with Crippen LogP contribution in [0.4, 0.5) is 13.2 Å². The lowest BCUT2D eigenvalue weighted by Gasteiger charge is -2.40. The molecule has 2 aliphatic rings. The molecule has 0 spiro atoms. The minimum Gasteiger partial charge on any atom is -0.467 e. The van der Waals surface area contributed by atoms with Crippen molar-refractivity contribution >= 4 is 11.9 Å². The second-order valence-electron chi connectivity index (χ2n) is 5.54. The van der Waals surface area contributed by atoms with Crippen LogP contribution in [0.3, 0.4) is 0 Å². The first-order chi connectivity index (χ1) is 9.83. The molecule has 2 saturated heterocycles. The fourth-order valence-electron chi connectivity index (χ4n) is 3.07. The van der Waals surface area contributed by atoms with E-state index in [1.807, 2.05) is 0 Å². The largest absolute Gasteiger partial charge is 0.467 e. The minimum atomic E-state index is -4.63. The topological polar surface area (TPSA) is 58.6 Å². The molecular formula is C13H19F3N2O3. The molecule has 2 heterocycles. The van der Waals surface area contributed by atoms with Gasteiger partial charge in [0, 0.05) is 13.1 Å². The lowest BCUT2D eigenvalue weighted by Crippen LogP contribution is -2.58. The van der Waals surface area contributed by atoms with Gasteiger partial charge in [-0.2, -0.15) is 13.2 Å². The summed E-state index contributed by atoms with van der Waals surface area (Å²) in [5.41, 5.74) is -2.42. The van der Waals surface area contributed by atoms with Crippen LogP contribution in [0.15, 0.2) is 0 Å². The molecular weight excluding hydrogens is 289 g/mol. The molecule has 0 radical (unpaired) electrons. The number of carbonyl (C=O) groups excluding carboxylic acids is 2. The Labute approximate surface area is 120 Å².